The molecule has 0 bridgehead atoms. The Labute approximate surface area is 628 Å². The number of methoxy groups -OCH3 is 1. The number of hydrogen-bond donors (Lipinski definition) is 0. The van der Waals surface area contributed by atoms with E-state index in [0.29, 0.717) is 81.3 Å². The molecule has 0 fully saturated rings. The van der Waals surface area contributed by atoms with Gasteiger partial charge in [0.25, 0.3) is 0 Å². The third-order valence-corrected chi connectivity index (χ3v) is 13.3. The van der Waals surface area contributed by atoms with E-state index in [1.807, 2.05) is 6.07 Å². The summed E-state index contributed by atoms with van der Waals surface area (Å²) in [7, 11) is 1.56. The highest BCUT2D eigenvalue weighted by molar-refractivity contribution is 5.94. The van der Waals surface area contributed by atoms with Gasteiger partial charge in [0.05, 0.1) is 54.2 Å². The molecule has 0 aliphatic rings. The predicted molar refractivity (Wildman–Crippen MR) is 408 cm³/mol. The van der Waals surface area contributed by atoms with E-state index in [0.717, 1.165) is 128 Å². The van der Waals surface area contributed by atoms with Gasteiger partial charge < -0.3 is 61.6 Å². The number of nitriles is 1. The van der Waals surface area contributed by atoms with E-state index in [1.54, 1.807) is 86.8 Å². The van der Waals surface area contributed by atoms with Gasteiger partial charge >= 0.3 is 47.8 Å². The number of ether oxygens (including phenoxy) is 13. The van der Waals surface area contributed by atoms with Gasteiger partial charge in [0.2, 0.25) is 0 Å². The van der Waals surface area contributed by atoms with Crippen molar-refractivity contribution in [1.82, 2.24) is 0 Å². The van der Waals surface area contributed by atoms with Gasteiger partial charge in [0, 0.05) is 63.9 Å². The van der Waals surface area contributed by atoms with Gasteiger partial charge in [-0.3, -0.25) is 0 Å². The van der Waals surface area contributed by atoms with E-state index in [4.69, 9.17) is 66.8 Å². The second kappa shape index (κ2) is 56.7. The lowest BCUT2D eigenvalue weighted by molar-refractivity contribution is -0.138. The predicted octanol–water partition coefficient (Wildman–Crippen LogP) is 17.5. The first-order chi connectivity index (χ1) is 51.8. The smallest absolute Gasteiger partial charge is 0.343 e. The first-order valence-electron chi connectivity index (χ1n) is 35.0. The van der Waals surface area contributed by atoms with Crippen LogP contribution in [0.2, 0.25) is 0 Å². The molecule has 0 saturated carbocycles. The lowest BCUT2D eigenvalue weighted by atomic mass is 10.2. The molecule has 0 aliphatic heterocycles. The number of nitrogens with zero attached hydrogens (tertiary/aromatic N) is 1. The van der Waals surface area contributed by atoms with Crippen molar-refractivity contribution >= 4 is 47.8 Å². The third-order valence-electron chi connectivity index (χ3n) is 13.3. The maximum atomic E-state index is 12.7. The molecule has 7 rings (SSSR count). The Morgan fingerprint density at radius 3 is 0.953 bits per heavy atom. The maximum Gasteiger partial charge on any atom is 0.343 e. The summed E-state index contributed by atoms with van der Waals surface area (Å²) in [6.45, 7) is 34.2. The number of unbranched alkanes of at least 4 members (excludes halogenated alkanes) is 3. The van der Waals surface area contributed by atoms with E-state index in [9.17, 15) is 38.4 Å². The number of esters is 8. The molecule has 0 N–H and O–H groups in total. The standard InChI is InChI=1S/C33H32O9.C17H11NO4.C17H14O5.3C6H14O/c1-4-30(34)39-21-9-7-6-8-20-38-26-14-10-25(11-15-26)33(37)42-29-19-18-28(22-23(29)3)41-32(36)24-12-16-27(17-13-24)40-31(35)5-2;1-2-16(19)21-14-9-5-13(6-10-14)17(20)22-15-7-3-12(11-18)4-8-15;1-3-16(18)21-14-6-4-12(5-7-14)17(19)22-15-10-8-13(20-2)9-11-15;3*1-3-5-7-6-4-2/h4-5,10-19,22H,1-2,6-9,20-21H2,3H3;2-10H,1H2;3-11H,1H2,2H3;3*3-6H2,1-2H3. The molecule has 0 spiro atoms. The van der Waals surface area contributed by atoms with Gasteiger partial charge in [0.15, 0.2) is 0 Å². The molecule has 107 heavy (non-hydrogen) atoms. The van der Waals surface area contributed by atoms with Crippen molar-refractivity contribution < 1.29 is 99.9 Å². The molecule has 7 aromatic rings. The lowest BCUT2D eigenvalue weighted by Crippen LogP contribution is -2.11. The number of aryl methyl sites for hydroxylation is 1. The molecule has 0 saturated heterocycles. The van der Waals surface area contributed by atoms with Crippen molar-refractivity contribution in [3.05, 3.63) is 248 Å². The minimum atomic E-state index is -0.603. The molecule has 7 aromatic carbocycles. The van der Waals surface area contributed by atoms with E-state index < -0.39 is 47.8 Å². The Balaban J connectivity index is 0.000000503. The summed E-state index contributed by atoms with van der Waals surface area (Å²) in [5.74, 6) is -0.778. The van der Waals surface area contributed by atoms with Crippen molar-refractivity contribution in [3.63, 3.8) is 0 Å². The van der Waals surface area contributed by atoms with Crippen molar-refractivity contribution in [2.24, 2.45) is 0 Å². The molecule has 22 heteroatoms. The Hall–Kier alpha value is -11.8. The molecular weight excluding hydrogens is 1370 g/mol. The molecule has 0 amide bonds. The maximum absolute atomic E-state index is 12.7. The van der Waals surface area contributed by atoms with Gasteiger partial charge in [0.1, 0.15) is 51.7 Å². The fraction of sp³-hybridized carbons (Fsp3) is 0.306. The van der Waals surface area contributed by atoms with Crippen LogP contribution in [0.4, 0.5) is 0 Å². The van der Waals surface area contributed by atoms with Crippen LogP contribution < -0.4 is 42.6 Å². The zero-order chi connectivity index (χ0) is 78.8. The number of benzene rings is 7. The molecule has 570 valence electrons. The molecule has 0 aliphatic carbocycles. The lowest BCUT2D eigenvalue weighted by Gasteiger charge is -2.11. The van der Waals surface area contributed by atoms with Crippen LogP contribution in [0.5, 0.6) is 51.7 Å². The average Bonchev–Trinajstić information content (AvgIpc) is 0.857. The van der Waals surface area contributed by atoms with Gasteiger partial charge in [-0.25, -0.2) is 38.4 Å². The highest BCUT2D eigenvalue weighted by Gasteiger charge is 2.16. The summed E-state index contributed by atoms with van der Waals surface area (Å²) in [4.78, 5) is 93.4. The second-order valence-electron chi connectivity index (χ2n) is 22.2. The summed E-state index contributed by atoms with van der Waals surface area (Å²) < 4.78 is 67.2. The van der Waals surface area contributed by atoms with Gasteiger partial charge in [-0.15, -0.1) is 0 Å². The summed E-state index contributed by atoms with van der Waals surface area (Å²) in [6, 6.07) is 44.0. The molecule has 22 nitrogen and oxygen atoms in total. The van der Waals surface area contributed by atoms with Crippen LogP contribution in [-0.4, -0.2) is 108 Å². The van der Waals surface area contributed by atoms with Crippen LogP contribution in [0, 0.1) is 18.3 Å². The van der Waals surface area contributed by atoms with Crippen LogP contribution in [0.25, 0.3) is 0 Å². The fourth-order valence-corrected chi connectivity index (χ4v) is 7.99. The molecular formula is C85H99NO21. The summed E-state index contributed by atoms with van der Waals surface area (Å²) in [5, 5.41) is 8.69. The fourth-order valence-electron chi connectivity index (χ4n) is 7.99. The number of carbonyl (C=O) groups excluding carboxylic acids is 8. The van der Waals surface area contributed by atoms with Crippen LogP contribution in [0.15, 0.2) is 214 Å². The van der Waals surface area contributed by atoms with E-state index in [-0.39, 0.29) is 17.1 Å². The van der Waals surface area contributed by atoms with Gasteiger partial charge in [-0.05, 0) is 240 Å². The van der Waals surface area contributed by atoms with Crippen LogP contribution >= 0.6 is 0 Å². The van der Waals surface area contributed by atoms with Crippen LogP contribution in [-0.2, 0) is 38.1 Å². The molecule has 0 unspecified atom stereocenters. The quantitative estimate of drug-likeness (QED) is 0.0153. The minimum absolute atomic E-state index is 0.262. The van der Waals surface area contributed by atoms with E-state index in [2.05, 4.69) is 67.9 Å². The summed E-state index contributed by atoms with van der Waals surface area (Å²) in [6.07, 6.45) is 14.6. The Bertz CT molecular complexity index is 3810. The van der Waals surface area contributed by atoms with Crippen LogP contribution in [0.1, 0.15) is 158 Å². The van der Waals surface area contributed by atoms with Gasteiger partial charge in [-0.1, -0.05) is 67.9 Å². The van der Waals surface area contributed by atoms with Gasteiger partial charge in [-0.2, -0.15) is 5.26 Å². The molecule has 0 radical (unpaired) electrons. The third kappa shape index (κ3) is 40.8. The van der Waals surface area contributed by atoms with Crippen LogP contribution in [0.3, 0.4) is 0 Å². The highest BCUT2D eigenvalue weighted by Crippen LogP contribution is 2.27. The first kappa shape index (κ1) is 91.3. The van der Waals surface area contributed by atoms with Crippen molar-refractivity contribution in [3.8, 4) is 57.8 Å². The number of carbonyl (C=O) groups is 8. The van der Waals surface area contributed by atoms with Crippen molar-refractivity contribution in [2.75, 3.05) is 60.0 Å². The zero-order valence-electron chi connectivity index (χ0n) is 62.5. The highest BCUT2D eigenvalue weighted by atomic mass is 16.6. The molecule has 0 atom stereocenters. The van der Waals surface area contributed by atoms with E-state index >= 15 is 0 Å². The number of hydrogen-bond acceptors (Lipinski definition) is 22. The topological polar surface area (TPSA) is 280 Å². The first-order valence-corrected chi connectivity index (χ1v) is 35.0. The summed E-state index contributed by atoms with van der Waals surface area (Å²) in [5.41, 5.74) is 2.34. The Morgan fingerprint density at radius 1 is 0.336 bits per heavy atom. The summed E-state index contributed by atoms with van der Waals surface area (Å²) >= 11 is 0. The SMILES string of the molecule is C=CC(=O)OCCCCCCOc1ccc(C(=O)Oc2ccc(OC(=O)c3ccc(OC(=O)C=C)cc3)cc2C)cc1.C=CC(=O)Oc1ccc(C(=O)Oc2ccc(C#N)cc2)cc1.C=CC(=O)Oc1ccc(C(=O)Oc2ccc(OC)cc2)cc1.CCCOCCC.CCCOCCC.CCCOCCC. The van der Waals surface area contributed by atoms with E-state index in [1.165, 1.54) is 91.0 Å². The monoisotopic (exact) mass is 1470 g/mol. The normalized spacial score (nSPS) is 9.79. The van der Waals surface area contributed by atoms with Crippen molar-refractivity contribution in [2.45, 2.75) is 113 Å². The second-order valence-corrected chi connectivity index (χ2v) is 22.2. The largest absolute Gasteiger partial charge is 0.497 e. The Kier molecular flexibility index (Phi) is 48.4. The molecule has 0 aromatic heterocycles. The number of rotatable bonds is 36. The Morgan fingerprint density at radius 2 is 0.626 bits per heavy atom. The average molecular weight is 1470 g/mol. The van der Waals surface area contributed by atoms with Crippen molar-refractivity contribution in [1.29, 1.82) is 5.26 Å². The minimum Gasteiger partial charge on any atom is -0.497 e. The molecule has 0 heterocycles. The zero-order valence-corrected chi connectivity index (χ0v) is 62.5.